The largest absolute Gasteiger partial charge is 0.469 e. The molecule has 7 atom stereocenters. The van der Waals surface area contributed by atoms with Crippen LogP contribution < -0.4 is 0 Å². The van der Waals surface area contributed by atoms with E-state index in [0.717, 1.165) is 32.1 Å². The van der Waals surface area contributed by atoms with E-state index in [1.54, 1.807) is 0 Å². The second-order valence-corrected chi connectivity index (χ2v) is 9.35. The normalized spacial score (nSPS) is 29.4. The fraction of sp³-hybridized carbons (Fsp3) is 0.760. The predicted octanol–water partition coefficient (Wildman–Crippen LogP) is 4.35. The van der Waals surface area contributed by atoms with E-state index in [1.165, 1.54) is 19.6 Å². The smallest absolute Gasteiger partial charge is 0.305 e. The van der Waals surface area contributed by atoms with Crippen LogP contribution in [0.2, 0.25) is 0 Å². The van der Waals surface area contributed by atoms with E-state index < -0.39 is 6.10 Å². The quantitative estimate of drug-likeness (QED) is 0.294. The molecule has 6 nitrogen and oxygen atoms in total. The number of esters is 2. The number of hydrogen-bond acceptors (Lipinski definition) is 6. The molecule has 0 spiro atoms. The van der Waals surface area contributed by atoms with Gasteiger partial charge in [-0.2, -0.15) is 0 Å². The molecule has 176 valence electrons. The average molecular weight is 437 g/mol. The number of ether oxygens (including phenoxy) is 3. The molecular weight excluding hydrogens is 396 g/mol. The van der Waals surface area contributed by atoms with Gasteiger partial charge in [-0.3, -0.25) is 9.59 Å². The van der Waals surface area contributed by atoms with E-state index in [-0.39, 0.29) is 48.0 Å². The van der Waals surface area contributed by atoms with Crippen molar-refractivity contribution in [2.75, 3.05) is 7.11 Å². The number of hydrogen-bond donors (Lipinski definition) is 1. The minimum Gasteiger partial charge on any atom is -0.469 e. The van der Waals surface area contributed by atoms with Gasteiger partial charge < -0.3 is 19.3 Å². The van der Waals surface area contributed by atoms with E-state index in [4.69, 9.17) is 9.47 Å². The molecule has 2 rings (SSSR count). The molecule has 0 radical (unpaired) electrons. The summed E-state index contributed by atoms with van der Waals surface area (Å²) >= 11 is 0. The summed E-state index contributed by atoms with van der Waals surface area (Å²) in [5.41, 5.74) is 1.25. The zero-order chi connectivity index (χ0) is 23.0. The van der Waals surface area contributed by atoms with Crippen LogP contribution in [-0.2, 0) is 23.8 Å². The standard InChI is InChI=1S/C25H40O6/c1-16(2)10-11-17(3)22(27)13-12-20-21-14-19(8-6-7-9-25(28)29-5)31-24(21)15-23(20)30-18(4)26/h10,12-13,17,19-24,27H,6-9,11,14-15H2,1-5H3/b13-12+/t17?,19-,20+,21+,22+,23+,24-/m0/s1. The van der Waals surface area contributed by atoms with Gasteiger partial charge in [-0.15, -0.1) is 0 Å². The van der Waals surface area contributed by atoms with Gasteiger partial charge in [0.15, 0.2) is 0 Å². The molecule has 0 bridgehead atoms. The monoisotopic (exact) mass is 436 g/mol. The topological polar surface area (TPSA) is 82.1 Å². The molecule has 1 unspecified atom stereocenters. The number of rotatable bonds is 11. The molecule has 0 amide bonds. The van der Waals surface area contributed by atoms with Crippen molar-refractivity contribution >= 4 is 11.9 Å². The van der Waals surface area contributed by atoms with Gasteiger partial charge in [0.25, 0.3) is 0 Å². The van der Waals surface area contributed by atoms with Gasteiger partial charge in [0.05, 0.1) is 25.4 Å². The summed E-state index contributed by atoms with van der Waals surface area (Å²) in [6.45, 7) is 7.60. The maximum absolute atomic E-state index is 11.6. The summed E-state index contributed by atoms with van der Waals surface area (Å²) in [6.07, 6.45) is 11.1. The van der Waals surface area contributed by atoms with Crippen molar-refractivity contribution in [1.29, 1.82) is 0 Å². The summed E-state index contributed by atoms with van der Waals surface area (Å²) in [6, 6.07) is 0. The van der Waals surface area contributed by atoms with Gasteiger partial charge in [-0.1, -0.05) is 37.1 Å². The van der Waals surface area contributed by atoms with Crippen molar-refractivity contribution in [2.24, 2.45) is 17.8 Å². The lowest BCUT2D eigenvalue weighted by Gasteiger charge is -2.22. The lowest BCUT2D eigenvalue weighted by molar-refractivity contribution is -0.148. The van der Waals surface area contributed by atoms with Crippen molar-refractivity contribution < 1.29 is 28.9 Å². The molecule has 6 heteroatoms. The Hall–Kier alpha value is -1.66. The Kier molecular flexibility index (Phi) is 10.2. The summed E-state index contributed by atoms with van der Waals surface area (Å²) in [5.74, 6) is 0.0138. The molecule has 1 saturated heterocycles. The first-order valence-corrected chi connectivity index (χ1v) is 11.6. The first-order chi connectivity index (χ1) is 14.7. The molecule has 1 aliphatic carbocycles. The van der Waals surface area contributed by atoms with Crippen molar-refractivity contribution in [3.8, 4) is 0 Å². The van der Waals surface area contributed by atoms with Crippen LogP contribution in [0.25, 0.3) is 0 Å². The van der Waals surface area contributed by atoms with Crippen LogP contribution in [0.4, 0.5) is 0 Å². The molecule has 31 heavy (non-hydrogen) atoms. The van der Waals surface area contributed by atoms with Crippen LogP contribution in [0, 0.1) is 17.8 Å². The Morgan fingerprint density at radius 1 is 1.19 bits per heavy atom. The molecule has 0 aromatic carbocycles. The minimum absolute atomic E-state index is 0.0549. The predicted molar refractivity (Wildman–Crippen MR) is 119 cm³/mol. The number of aliphatic hydroxyl groups excluding tert-OH is 1. The molecule has 2 aliphatic rings. The number of carbonyl (C=O) groups excluding carboxylic acids is 2. The second kappa shape index (κ2) is 12.4. The highest BCUT2D eigenvalue weighted by molar-refractivity contribution is 5.69. The third kappa shape index (κ3) is 8.08. The van der Waals surface area contributed by atoms with E-state index in [2.05, 4.69) is 24.7 Å². The Labute approximate surface area is 187 Å². The zero-order valence-corrected chi connectivity index (χ0v) is 19.7. The summed E-state index contributed by atoms with van der Waals surface area (Å²) < 4.78 is 16.5. The van der Waals surface area contributed by atoms with Crippen molar-refractivity contribution in [3.05, 3.63) is 23.8 Å². The lowest BCUT2D eigenvalue weighted by Crippen LogP contribution is -2.25. The van der Waals surface area contributed by atoms with Crippen molar-refractivity contribution in [3.63, 3.8) is 0 Å². The van der Waals surface area contributed by atoms with Gasteiger partial charge in [0, 0.05) is 25.7 Å². The molecule has 1 heterocycles. The molecule has 1 aliphatic heterocycles. The van der Waals surface area contributed by atoms with Crippen LogP contribution in [0.15, 0.2) is 23.8 Å². The average Bonchev–Trinajstić information content (AvgIpc) is 3.23. The Morgan fingerprint density at radius 3 is 2.58 bits per heavy atom. The highest BCUT2D eigenvalue weighted by atomic mass is 16.6. The van der Waals surface area contributed by atoms with Crippen LogP contribution in [0.3, 0.4) is 0 Å². The maximum Gasteiger partial charge on any atom is 0.305 e. The van der Waals surface area contributed by atoms with Crippen LogP contribution >= 0.6 is 0 Å². The second-order valence-electron chi connectivity index (χ2n) is 9.35. The van der Waals surface area contributed by atoms with Gasteiger partial charge in [-0.05, 0) is 51.4 Å². The van der Waals surface area contributed by atoms with Gasteiger partial charge >= 0.3 is 11.9 Å². The number of aliphatic hydroxyl groups is 1. The molecule has 0 aromatic heterocycles. The van der Waals surface area contributed by atoms with Gasteiger partial charge in [0.2, 0.25) is 0 Å². The summed E-state index contributed by atoms with van der Waals surface area (Å²) in [7, 11) is 1.41. The first-order valence-electron chi connectivity index (χ1n) is 11.6. The first kappa shape index (κ1) is 25.6. The number of carbonyl (C=O) groups is 2. The van der Waals surface area contributed by atoms with E-state index in [9.17, 15) is 14.7 Å². The van der Waals surface area contributed by atoms with E-state index in [0.29, 0.717) is 12.8 Å². The number of fused-ring (bicyclic) bond motifs is 1. The van der Waals surface area contributed by atoms with Crippen LogP contribution in [0.5, 0.6) is 0 Å². The summed E-state index contributed by atoms with van der Waals surface area (Å²) in [4.78, 5) is 22.9. The highest BCUT2D eigenvalue weighted by Crippen LogP contribution is 2.46. The minimum atomic E-state index is -0.538. The summed E-state index contributed by atoms with van der Waals surface area (Å²) in [5, 5.41) is 10.6. The third-order valence-electron chi connectivity index (χ3n) is 6.48. The zero-order valence-electron chi connectivity index (χ0n) is 19.7. The third-order valence-corrected chi connectivity index (χ3v) is 6.48. The number of allylic oxidation sites excluding steroid dienone is 2. The van der Waals surface area contributed by atoms with Crippen molar-refractivity contribution in [2.45, 2.75) is 97.1 Å². The van der Waals surface area contributed by atoms with Gasteiger partial charge in [-0.25, -0.2) is 0 Å². The van der Waals surface area contributed by atoms with Gasteiger partial charge in [0.1, 0.15) is 6.10 Å². The Morgan fingerprint density at radius 2 is 1.94 bits per heavy atom. The highest BCUT2D eigenvalue weighted by Gasteiger charge is 2.49. The SMILES string of the molecule is COC(=O)CCCC[C@H]1C[C@@H]2[C@@H](/C=C/[C@@H](O)C(C)CC=C(C)C)[C@H](OC(C)=O)C[C@@H]2O1. The number of methoxy groups -OCH3 is 1. The molecular formula is C25H40O6. The van der Waals surface area contributed by atoms with Crippen LogP contribution in [-0.4, -0.2) is 48.6 Å². The number of unbranched alkanes of at least 4 members (excludes halogenated alkanes) is 1. The molecule has 0 aromatic rings. The van der Waals surface area contributed by atoms with E-state index >= 15 is 0 Å². The molecule has 2 fully saturated rings. The van der Waals surface area contributed by atoms with Crippen molar-refractivity contribution in [1.82, 2.24) is 0 Å². The maximum atomic E-state index is 11.6. The van der Waals surface area contributed by atoms with Crippen LogP contribution in [0.1, 0.15) is 72.6 Å². The Bertz CT molecular complexity index is 650. The molecule has 1 N–H and O–H groups in total. The molecule has 1 saturated carbocycles. The van der Waals surface area contributed by atoms with E-state index in [1.807, 2.05) is 19.1 Å². The Balaban J connectivity index is 1.94. The lowest BCUT2D eigenvalue weighted by atomic mass is 9.88. The fourth-order valence-corrected chi connectivity index (χ4v) is 4.68. The fourth-order valence-electron chi connectivity index (χ4n) is 4.68.